The summed E-state index contributed by atoms with van der Waals surface area (Å²) in [6.07, 6.45) is 5.74. The first-order chi connectivity index (χ1) is 10.1. The van der Waals surface area contributed by atoms with Crippen LogP contribution in [0, 0.1) is 0 Å². The molecule has 0 aliphatic carbocycles. The molecule has 2 heterocycles. The average Bonchev–Trinajstić information content (AvgIpc) is 2.88. The molecule has 1 aliphatic heterocycles. The van der Waals surface area contributed by atoms with Crippen molar-refractivity contribution in [3.8, 4) is 0 Å². The lowest BCUT2D eigenvalue weighted by atomic mass is 9.99. The molecule has 1 aliphatic rings. The van der Waals surface area contributed by atoms with Gasteiger partial charge in [-0.1, -0.05) is 13.8 Å². The molecule has 0 atom stereocenters. The topological polar surface area (TPSA) is 62.3 Å². The molecule has 0 saturated carbocycles. The van der Waals surface area contributed by atoms with Crippen LogP contribution < -0.4 is 5.32 Å². The third kappa shape index (κ3) is 4.03. The van der Waals surface area contributed by atoms with Crippen molar-refractivity contribution < 1.29 is 9.59 Å². The molecule has 21 heavy (non-hydrogen) atoms. The molecule has 0 spiro atoms. The highest BCUT2D eigenvalue weighted by Crippen LogP contribution is 2.18. The summed E-state index contributed by atoms with van der Waals surface area (Å²) in [5, 5.41) is 2.92. The number of nitrogens with zero attached hydrogens (tertiary/aromatic N) is 2. The van der Waals surface area contributed by atoms with Crippen molar-refractivity contribution in [1.82, 2.24) is 15.2 Å². The summed E-state index contributed by atoms with van der Waals surface area (Å²) in [4.78, 5) is 29.6. The minimum atomic E-state index is -0.0838. The van der Waals surface area contributed by atoms with E-state index in [0.717, 1.165) is 31.5 Å². The quantitative estimate of drug-likeness (QED) is 0.814. The largest absolute Gasteiger partial charge is 0.352 e. The normalized spacial score (nSPS) is 14.8. The second-order valence-electron chi connectivity index (χ2n) is 5.71. The van der Waals surface area contributed by atoms with Crippen LogP contribution in [-0.4, -0.2) is 41.3 Å². The predicted octanol–water partition coefficient (Wildman–Crippen LogP) is 1.95. The molecular weight excluding hydrogens is 266 g/mol. The van der Waals surface area contributed by atoms with Crippen LogP contribution in [-0.2, 0) is 4.79 Å². The van der Waals surface area contributed by atoms with E-state index in [2.05, 4.69) is 24.1 Å². The number of hydrogen-bond acceptors (Lipinski definition) is 3. The van der Waals surface area contributed by atoms with Gasteiger partial charge >= 0.3 is 0 Å². The van der Waals surface area contributed by atoms with E-state index in [-0.39, 0.29) is 17.7 Å². The van der Waals surface area contributed by atoms with Gasteiger partial charge in [-0.25, -0.2) is 0 Å². The molecule has 0 radical (unpaired) electrons. The maximum atomic E-state index is 12.2. The lowest BCUT2D eigenvalue weighted by Crippen LogP contribution is -2.31. The van der Waals surface area contributed by atoms with Gasteiger partial charge in [0.25, 0.3) is 5.91 Å². The van der Waals surface area contributed by atoms with Crippen LogP contribution in [0.1, 0.15) is 54.9 Å². The van der Waals surface area contributed by atoms with Crippen LogP contribution >= 0.6 is 0 Å². The van der Waals surface area contributed by atoms with Crippen molar-refractivity contribution in [1.29, 1.82) is 0 Å². The van der Waals surface area contributed by atoms with Gasteiger partial charge in [0, 0.05) is 38.4 Å². The smallest absolute Gasteiger partial charge is 0.253 e. The minimum absolute atomic E-state index is 0.0838. The van der Waals surface area contributed by atoms with E-state index < -0.39 is 0 Å². The molecule has 2 amide bonds. The maximum absolute atomic E-state index is 12.2. The first kappa shape index (κ1) is 15.5. The molecule has 0 unspecified atom stereocenters. The van der Waals surface area contributed by atoms with Gasteiger partial charge < -0.3 is 10.2 Å². The number of hydrogen-bond donors (Lipinski definition) is 1. The number of amides is 2. The Hall–Kier alpha value is -1.91. The highest BCUT2D eigenvalue weighted by Gasteiger charge is 2.19. The van der Waals surface area contributed by atoms with Gasteiger partial charge in [-0.3, -0.25) is 14.6 Å². The van der Waals surface area contributed by atoms with Crippen molar-refractivity contribution in [2.45, 2.75) is 39.0 Å². The average molecular weight is 289 g/mol. The molecule has 1 N–H and O–H groups in total. The van der Waals surface area contributed by atoms with E-state index in [4.69, 9.17) is 0 Å². The standard InChI is InChI=1S/C16H23N3O2/c1-12(2)13-6-8-17-11-14(13)16(21)18-7-4-10-19-9-3-5-15(19)20/h6,8,11-12H,3-5,7,9-10H2,1-2H3,(H,18,21). The second kappa shape index (κ2) is 7.20. The number of likely N-dealkylation sites (tertiary alicyclic amines) is 1. The third-order valence-electron chi connectivity index (χ3n) is 3.78. The number of carbonyl (C=O) groups excluding carboxylic acids is 2. The summed E-state index contributed by atoms with van der Waals surface area (Å²) in [6, 6.07) is 1.89. The SMILES string of the molecule is CC(C)c1ccncc1C(=O)NCCCN1CCCC1=O. The van der Waals surface area contributed by atoms with Crippen LogP contribution in [0.2, 0.25) is 0 Å². The van der Waals surface area contributed by atoms with Gasteiger partial charge in [-0.2, -0.15) is 0 Å². The van der Waals surface area contributed by atoms with Gasteiger partial charge in [0.15, 0.2) is 0 Å². The Morgan fingerprint density at radius 3 is 2.95 bits per heavy atom. The molecule has 0 bridgehead atoms. The van der Waals surface area contributed by atoms with Crippen molar-refractivity contribution in [2.24, 2.45) is 0 Å². The number of pyridine rings is 1. The van der Waals surface area contributed by atoms with Crippen LogP contribution in [0.25, 0.3) is 0 Å². The molecule has 1 saturated heterocycles. The highest BCUT2D eigenvalue weighted by atomic mass is 16.2. The van der Waals surface area contributed by atoms with E-state index in [1.54, 1.807) is 12.4 Å². The van der Waals surface area contributed by atoms with E-state index in [1.807, 2.05) is 11.0 Å². The van der Waals surface area contributed by atoms with Gasteiger partial charge in [-0.15, -0.1) is 0 Å². The predicted molar refractivity (Wildman–Crippen MR) is 81.1 cm³/mol. The Morgan fingerprint density at radius 1 is 1.48 bits per heavy atom. The van der Waals surface area contributed by atoms with Gasteiger partial charge in [0.1, 0.15) is 0 Å². The van der Waals surface area contributed by atoms with Gasteiger partial charge in [-0.05, 0) is 30.4 Å². The molecule has 2 rings (SSSR count). The number of nitrogens with one attached hydrogen (secondary N) is 1. The number of aromatic nitrogens is 1. The van der Waals surface area contributed by atoms with Crippen molar-refractivity contribution in [3.05, 3.63) is 29.6 Å². The monoisotopic (exact) mass is 289 g/mol. The van der Waals surface area contributed by atoms with Crippen LogP contribution in [0.15, 0.2) is 18.5 Å². The Kier molecular flexibility index (Phi) is 5.31. The highest BCUT2D eigenvalue weighted by molar-refractivity contribution is 5.95. The van der Waals surface area contributed by atoms with E-state index in [9.17, 15) is 9.59 Å². The zero-order chi connectivity index (χ0) is 15.2. The molecule has 1 aromatic heterocycles. The summed E-state index contributed by atoms with van der Waals surface area (Å²) in [7, 11) is 0. The van der Waals surface area contributed by atoms with E-state index in [1.165, 1.54) is 0 Å². The van der Waals surface area contributed by atoms with Crippen molar-refractivity contribution in [3.63, 3.8) is 0 Å². The summed E-state index contributed by atoms with van der Waals surface area (Å²) in [5.41, 5.74) is 1.65. The fraction of sp³-hybridized carbons (Fsp3) is 0.562. The van der Waals surface area contributed by atoms with E-state index in [0.29, 0.717) is 18.5 Å². The van der Waals surface area contributed by atoms with Crippen LogP contribution in [0.4, 0.5) is 0 Å². The molecule has 5 heteroatoms. The Morgan fingerprint density at radius 2 is 2.29 bits per heavy atom. The van der Waals surface area contributed by atoms with E-state index >= 15 is 0 Å². The zero-order valence-electron chi connectivity index (χ0n) is 12.8. The lowest BCUT2D eigenvalue weighted by Gasteiger charge is -2.16. The lowest BCUT2D eigenvalue weighted by molar-refractivity contribution is -0.127. The fourth-order valence-electron chi connectivity index (χ4n) is 2.61. The maximum Gasteiger partial charge on any atom is 0.253 e. The Balaban J connectivity index is 1.81. The van der Waals surface area contributed by atoms with Gasteiger partial charge in [0.2, 0.25) is 5.91 Å². The second-order valence-corrected chi connectivity index (χ2v) is 5.71. The summed E-state index contributed by atoms with van der Waals surface area (Å²) >= 11 is 0. The first-order valence-corrected chi connectivity index (χ1v) is 7.59. The summed E-state index contributed by atoms with van der Waals surface area (Å²) < 4.78 is 0. The summed E-state index contributed by atoms with van der Waals surface area (Å²) in [6.45, 7) is 6.28. The van der Waals surface area contributed by atoms with Crippen LogP contribution in [0.3, 0.4) is 0 Å². The molecule has 5 nitrogen and oxygen atoms in total. The molecule has 1 aromatic rings. The van der Waals surface area contributed by atoms with Gasteiger partial charge in [0.05, 0.1) is 5.56 Å². The van der Waals surface area contributed by atoms with Crippen LogP contribution in [0.5, 0.6) is 0 Å². The Labute approximate surface area is 125 Å². The first-order valence-electron chi connectivity index (χ1n) is 7.59. The number of rotatable bonds is 6. The molecule has 1 fully saturated rings. The molecule has 0 aromatic carbocycles. The summed E-state index contributed by atoms with van der Waals surface area (Å²) in [5.74, 6) is 0.436. The fourth-order valence-corrected chi connectivity index (χ4v) is 2.61. The minimum Gasteiger partial charge on any atom is -0.352 e. The number of carbonyl (C=O) groups is 2. The molecule has 114 valence electrons. The Bertz CT molecular complexity index is 514. The third-order valence-corrected chi connectivity index (χ3v) is 3.78. The van der Waals surface area contributed by atoms with Crippen molar-refractivity contribution in [2.75, 3.05) is 19.6 Å². The zero-order valence-corrected chi connectivity index (χ0v) is 12.8. The molecular formula is C16H23N3O2. The van der Waals surface area contributed by atoms with Crippen molar-refractivity contribution >= 4 is 11.8 Å².